The number of para-hydroxylation sites is 1. The summed E-state index contributed by atoms with van der Waals surface area (Å²) in [6, 6.07) is 22.4. The minimum atomic E-state index is -0.612. The van der Waals surface area contributed by atoms with E-state index in [4.69, 9.17) is 14.2 Å². The van der Waals surface area contributed by atoms with Crippen molar-refractivity contribution in [1.82, 2.24) is 4.90 Å². The maximum absolute atomic E-state index is 10.7. The third-order valence-electron chi connectivity index (χ3n) is 5.36. The molecule has 0 saturated carbocycles. The van der Waals surface area contributed by atoms with Crippen LogP contribution in [0.5, 0.6) is 17.2 Å². The Bertz CT molecular complexity index is 1000. The van der Waals surface area contributed by atoms with E-state index >= 15 is 0 Å². The largest absolute Gasteiger partial charge is 0.491 e. The van der Waals surface area contributed by atoms with Gasteiger partial charge in [-0.05, 0) is 48.7 Å². The lowest BCUT2D eigenvalue weighted by molar-refractivity contribution is 0.0626. The third kappa shape index (κ3) is 5.78. The fourth-order valence-electron chi connectivity index (χ4n) is 3.69. The summed E-state index contributed by atoms with van der Waals surface area (Å²) >= 11 is 0. The summed E-state index contributed by atoms with van der Waals surface area (Å²) < 4.78 is 16.8. The topological polar surface area (TPSA) is 51.2 Å². The molecule has 0 saturated heterocycles. The van der Waals surface area contributed by atoms with Gasteiger partial charge in [-0.15, -0.1) is 0 Å². The van der Waals surface area contributed by atoms with Crippen molar-refractivity contribution < 1.29 is 19.3 Å². The van der Waals surface area contributed by atoms with Crippen LogP contribution in [0.25, 0.3) is 0 Å². The van der Waals surface area contributed by atoms with Gasteiger partial charge in [0.05, 0.1) is 0 Å². The van der Waals surface area contributed by atoms with Gasteiger partial charge in [-0.25, -0.2) is 0 Å². The van der Waals surface area contributed by atoms with E-state index < -0.39 is 6.10 Å². The van der Waals surface area contributed by atoms with Crippen molar-refractivity contribution >= 4 is 0 Å². The normalized spacial score (nSPS) is 13.4. The van der Waals surface area contributed by atoms with Crippen molar-refractivity contribution in [2.45, 2.75) is 33.0 Å². The highest BCUT2D eigenvalue weighted by atomic mass is 16.7. The van der Waals surface area contributed by atoms with E-state index in [0.29, 0.717) is 13.1 Å². The molecule has 5 heteroatoms. The second-order valence-electron chi connectivity index (χ2n) is 8.07. The molecule has 0 unspecified atom stereocenters. The van der Waals surface area contributed by atoms with E-state index in [1.165, 1.54) is 11.1 Å². The van der Waals surface area contributed by atoms with Crippen LogP contribution < -0.4 is 14.2 Å². The van der Waals surface area contributed by atoms with Crippen molar-refractivity contribution in [2.75, 3.05) is 19.9 Å². The number of nitrogens with zero attached hydrogens (tertiary/aromatic N) is 1. The fraction of sp³-hybridized carbons (Fsp3) is 0.308. The second-order valence-corrected chi connectivity index (χ2v) is 8.07. The Labute approximate surface area is 183 Å². The van der Waals surface area contributed by atoms with Gasteiger partial charge in [0.2, 0.25) is 6.79 Å². The summed E-state index contributed by atoms with van der Waals surface area (Å²) in [6.07, 6.45) is -0.612. The zero-order valence-electron chi connectivity index (χ0n) is 18.1. The number of fused-ring (bicyclic) bond motifs is 1. The first-order chi connectivity index (χ1) is 15.1. The van der Waals surface area contributed by atoms with Gasteiger partial charge in [0.15, 0.2) is 11.5 Å². The first-order valence-corrected chi connectivity index (χ1v) is 10.6. The minimum absolute atomic E-state index is 0.246. The van der Waals surface area contributed by atoms with Crippen LogP contribution in [0.2, 0.25) is 0 Å². The summed E-state index contributed by atoms with van der Waals surface area (Å²) in [6.45, 7) is 6.51. The molecule has 0 fully saturated rings. The molecule has 1 heterocycles. The fourth-order valence-corrected chi connectivity index (χ4v) is 3.69. The molecule has 1 aliphatic heterocycles. The Morgan fingerprint density at radius 1 is 0.903 bits per heavy atom. The van der Waals surface area contributed by atoms with E-state index in [0.717, 1.165) is 34.9 Å². The molecular weight excluding hydrogens is 390 g/mol. The number of aliphatic hydroxyl groups excluding tert-OH is 1. The minimum Gasteiger partial charge on any atom is -0.491 e. The molecule has 3 aromatic carbocycles. The average molecular weight is 420 g/mol. The lowest BCUT2D eigenvalue weighted by atomic mass is 10.1. The quantitative estimate of drug-likeness (QED) is 0.554. The van der Waals surface area contributed by atoms with Crippen LogP contribution >= 0.6 is 0 Å². The van der Waals surface area contributed by atoms with Gasteiger partial charge >= 0.3 is 0 Å². The van der Waals surface area contributed by atoms with E-state index in [1.807, 2.05) is 49.4 Å². The molecule has 1 atom stereocenters. The van der Waals surface area contributed by atoms with Crippen molar-refractivity contribution in [3.05, 3.63) is 89.0 Å². The van der Waals surface area contributed by atoms with Gasteiger partial charge in [0, 0.05) is 19.6 Å². The number of ether oxygens (including phenoxy) is 3. The molecule has 1 N–H and O–H groups in total. The van der Waals surface area contributed by atoms with Gasteiger partial charge in [-0.3, -0.25) is 4.90 Å². The van der Waals surface area contributed by atoms with E-state index in [2.05, 4.69) is 36.1 Å². The summed E-state index contributed by atoms with van der Waals surface area (Å²) in [4.78, 5) is 2.23. The van der Waals surface area contributed by atoms with Crippen molar-refractivity contribution in [3.63, 3.8) is 0 Å². The summed E-state index contributed by atoms with van der Waals surface area (Å²) in [7, 11) is 0. The maximum Gasteiger partial charge on any atom is 0.231 e. The zero-order chi connectivity index (χ0) is 21.6. The monoisotopic (exact) mass is 419 g/mol. The molecular formula is C26H29NO4. The molecule has 0 aromatic heterocycles. The Morgan fingerprint density at radius 3 is 2.42 bits per heavy atom. The second kappa shape index (κ2) is 9.86. The standard InChI is InChI=1S/C26H29NO4/c1-19-7-9-21(10-8-19)14-27(15-22-11-12-25-26(13-22)31-18-30-25)16-23(28)17-29-24-6-4-3-5-20(24)2/h3-13,23,28H,14-18H2,1-2H3/t23-/m0/s1. The predicted molar refractivity (Wildman–Crippen MR) is 121 cm³/mol. The molecule has 1 aliphatic rings. The average Bonchev–Trinajstić information content (AvgIpc) is 3.23. The third-order valence-corrected chi connectivity index (χ3v) is 5.36. The number of aliphatic hydroxyl groups is 1. The maximum atomic E-state index is 10.7. The highest BCUT2D eigenvalue weighted by molar-refractivity contribution is 5.44. The van der Waals surface area contributed by atoms with Crippen molar-refractivity contribution in [1.29, 1.82) is 0 Å². The molecule has 0 radical (unpaired) electrons. The number of hydrogen-bond donors (Lipinski definition) is 1. The van der Waals surface area contributed by atoms with Crippen molar-refractivity contribution in [3.8, 4) is 17.2 Å². The Balaban J connectivity index is 1.43. The van der Waals surface area contributed by atoms with Gasteiger partial charge in [-0.2, -0.15) is 0 Å². The molecule has 0 amide bonds. The van der Waals surface area contributed by atoms with Gasteiger partial charge in [0.1, 0.15) is 18.5 Å². The number of rotatable bonds is 9. The van der Waals surface area contributed by atoms with Crippen LogP contribution in [0.15, 0.2) is 66.7 Å². The summed E-state index contributed by atoms with van der Waals surface area (Å²) in [5, 5.41) is 10.7. The molecule has 5 nitrogen and oxygen atoms in total. The van der Waals surface area contributed by atoms with Crippen LogP contribution in [0.1, 0.15) is 22.3 Å². The van der Waals surface area contributed by atoms with Crippen LogP contribution in [0.3, 0.4) is 0 Å². The highest BCUT2D eigenvalue weighted by Gasteiger charge is 2.17. The number of hydrogen-bond acceptors (Lipinski definition) is 5. The van der Waals surface area contributed by atoms with Crippen LogP contribution in [-0.4, -0.2) is 36.1 Å². The molecule has 162 valence electrons. The van der Waals surface area contributed by atoms with E-state index in [-0.39, 0.29) is 13.4 Å². The van der Waals surface area contributed by atoms with E-state index in [9.17, 15) is 5.11 Å². The molecule has 0 spiro atoms. The Hall–Kier alpha value is -3.02. The lowest BCUT2D eigenvalue weighted by Crippen LogP contribution is -2.35. The summed E-state index contributed by atoms with van der Waals surface area (Å²) in [5.74, 6) is 2.36. The van der Waals surface area contributed by atoms with Crippen LogP contribution in [-0.2, 0) is 13.1 Å². The van der Waals surface area contributed by atoms with E-state index in [1.54, 1.807) is 0 Å². The first kappa shape index (κ1) is 21.2. The molecule has 31 heavy (non-hydrogen) atoms. The van der Waals surface area contributed by atoms with Gasteiger partial charge in [-0.1, -0.05) is 54.1 Å². The molecule has 0 bridgehead atoms. The number of aryl methyl sites for hydroxylation is 2. The molecule has 4 rings (SSSR count). The predicted octanol–water partition coefficient (Wildman–Crippen LogP) is 4.47. The molecule has 0 aliphatic carbocycles. The lowest BCUT2D eigenvalue weighted by Gasteiger charge is -2.26. The Morgan fingerprint density at radius 2 is 1.61 bits per heavy atom. The smallest absolute Gasteiger partial charge is 0.231 e. The van der Waals surface area contributed by atoms with Crippen molar-refractivity contribution in [2.24, 2.45) is 0 Å². The van der Waals surface area contributed by atoms with Gasteiger partial charge < -0.3 is 19.3 Å². The number of benzene rings is 3. The SMILES string of the molecule is Cc1ccc(CN(Cc2ccc3c(c2)OCO3)C[C@H](O)COc2ccccc2C)cc1. The molecule has 3 aromatic rings. The first-order valence-electron chi connectivity index (χ1n) is 10.6. The van der Waals surface area contributed by atoms with Crippen LogP contribution in [0, 0.1) is 13.8 Å². The zero-order valence-corrected chi connectivity index (χ0v) is 18.1. The summed E-state index contributed by atoms with van der Waals surface area (Å²) in [5.41, 5.74) is 4.62. The van der Waals surface area contributed by atoms with Crippen LogP contribution in [0.4, 0.5) is 0 Å². The highest BCUT2D eigenvalue weighted by Crippen LogP contribution is 2.33. The Kier molecular flexibility index (Phi) is 6.75. The van der Waals surface area contributed by atoms with Gasteiger partial charge in [0.25, 0.3) is 0 Å².